The summed E-state index contributed by atoms with van der Waals surface area (Å²) < 4.78 is 15.8. The molecule has 2 nitrogen and oxygen atoms in total. The number of hydrogen-bond donors (Lipinski definition) is 0. The van der Waals surface area contributed by atoms with Crippen LogP contribution in [0.1, 0.15) is 26.3 Å². The summed E-state index contributed by atoms with van der Waals surface area (Å²) in [5.74, 6) is 0. The monoisotopic (exact) mass is 462 g/mol. The molecule has 1 aromatic heterocycles. The Balaban J connectivity index is 1.43. The van der Waals surface area contributed by atoms with Gasteiger partial charge in [0.25, 0.3) is 0 Å². The Morgan fingerprint density at radius 2 is 1.32 bits per heavy atom. The lowest BCUT2D eigenvalue weighted by molar-refractivity contribution is -0.00851. The highest BCUT2D eigenvalue weighted by Crippen LogP contribution is 2.45. The van der Waals surface area contributed by atoms with Gasteiger partial charge in [0.1, 0.15) is 0 Å². The van der Waals surface area contributed by atoms with Crippen LogP contribution in [0.5, 0.6) is 0 Å². The van der Waals surface area contributed by atoms with Crippen LogP contribution in [0, 0.1) is 0 Å². The van der Waals surface area contributed by atoms with Crippen LogP contribution < -0.4 is 5.46 Å². The van der Waals surface area contributed by atoms with Gasteiger partial charge in [-0.1, -0.05) is 97.1 Å². The first kappa shape index (κ1) is 21.6. The Kier molecular flexibility index (Phi) is 5.14. The average Bonchev–Trinajstić information content (AvgIpc) is 3.35. The van der Waals surface area contributed by atoms with E-state index in [4.69, 9.17) is 9.31 Å². The molecular formula is C30H27BO2S. The van der Waals surface area contributed by atoms with E-state index in [2.05, 4.69) is 99.6 Å². The summed E-state index contributed by atoms with van der Waals surface area (Å²) in [7, 11) is -0.354. The van der Waals surface area contributed by atoms with E-state index in [0.717, 1.165) is 11.9 Å². The van der Waals surface area contributed by atoms with E-state index in [-0.39, 0.29) is 7.12 Å². The number of hydrogen-bond acceptors (Lipinski definition) is 3. The standard InChI is InChI=1S/C30H27BO2S/c1-29(2)30(3,33-31(32-29)23-15-8-5-9-16-23)20-22-14-10-18-25-26-19-11-17-24(28(26)34-27(22)25)21-12-6-4-7-13-21/h4-19H,20H2,1-3H3. The van der Waals surface area contributed by atoms with E-state index in [1.54, 1.807) is 0 Å². The van der Waals surface area contributed by atoms with Crippen LogP contribution in [0.3, 0.4) is 0 Å². The maximum Gasteiger partial charge on any atom is 0.494 e. The van der Waals surface area contributed by atoms with Gasteiger partial charge in [-0.3, -0.25) is 0 Å². The third-order valence-corrected chi connectivity index (χ3v) is 8.66. The Morgan fingerprint density at radius 1 is 0.676 bits per heavy atom. The van der Waals surface area contributed by atoms with Crippen LogP contribution in [-0.2, 0) is 15.7 Å². The van der Waals surface area contributed by atoms with Crippen LogP contribution in [0.25, 0.3) is 31.3 Å². The lowest BCUT2D eigenvalue weighted by Crippen LogP contribution is -2.46. The molecule has 0 aliphatic carbocycles. The third-order valence-electron chi connectivity index (χ3n) is 7.33. The van der Waals surface area contributed by atoms with E-state index in [1.807, 2.05) is 29.5 Å². The van der Waals surface area contributed by atoms with Crippen LogP contribution in [-0.4, -0.2) is 18.3 Å². The Bertz CT molecular complexity index is 1480. The zero-order valence-electron chi connectivity index (χ0n) is 19.7. The number of fused-ring (bicyclic) bond motifs is 3. The second-order valence-electron chi connectivity index (χ2n) is 9.84. The van der Waals surface area contributed by atoms with Gasteiger partial charge in [-0.05, 0) is 42.9 Å². The van der Waals surface area contributed by atoms with Gasteiger partial charge >= 0.3 is 7.12 Å². The van der Waals surface area contributed by atoms with Crippen molar-refractivity contribution in [3.05, 3.63) is 103 Å². The van der Waals surface area contributed by atoms with Crippen molar-refractivity contribution in [1.29, 1.82) is 0 Å². The molecule has 0 spiro atoms. The fourth-order valence-corrected chi connectivity index (χ4v) is 6.37. The Hall–Kier alpha value is -2.92. The maximum atomic E-state index is 6.65. The molecule has 1 atom stereocenters. The summed E-state index contributed by atoms with van der Waals surface area (Å²) in [6, 6.07) is 34.2. The smallest absolute Gasteiger partial charge is 0.399 e. The molecule has 0 saturated carbocycles. The topological polar surface area (TPSA) is 18.5 Å². The predicted octanol–water partition coefficient (Wildman–Crippen LogP) is 7.24. The highest BCUT2D eigenvalue weighted by molar-refractivity contribution is 7.26. The van der Waals surface area contributed by atoms with Crippen molar-refractivity contribution in [3.63, 3.8) is 0 Å². The van der Waals surface area contributed by atoms with Crippen LogP contribution in [0.15, 0.2) is 97.1 Å². The van der Waals surface area contributed by atoms with Gasteiger partial charge in [-0.2, -0.15) is 0 Å². The third kappa shape index (κ3) is 3.49. The van der Waals surface area contributed by atoms with Gasteiger partial charge in [-0.15, -0.1) is 11.3 Å². The van der Waals surface area contributed by atoms with Gasteiger partial charge in [0.15, 0.2) is 0 Å². The zero-order chi connectivity index (χ0) is 23.3. The lowest BCUT2D eigenvalue weighted by atomic mass is 9.79. The normalized spacial score (nSPS) is 19.8. The average molecular weight is 462 g/mol. The molecule has 2 heterocycles. The first-order chi connectivity index (χ1) is 16.5. The Labute approximate surface area is 205 Å². The van der Waals surface area contributed by atoms with E-state index in [1.165, 1.54) is 36.9 Å². The first-order valence-electron chi connectivity index (χ1n) is 11.8. The molecule has 5 aromatic rings. The molecule has 1 aliphatic heterocycles. The minimum atomic E-state index is -0.458. The molecule has 1 saturated heterocycles. The molecule has 168 valence electrons. The molecule has 6 rings (SSSR count). The highest BCUT2D eigenvalue weighted by Gasteiger charge is 2.54. The van der Waals surface area contributed by atoms with Gasteiger partial charge in [0.2, 0.25) is 0 Å². The van der Waals surface area contributed by atoms with Crippen molar-refractivity contribution in [2.24, 2.45) is 0 Å². The largest absolute Gasteiger partial charge is 0.494 e. The molecule has 4 heteroatoms. The molecule has 0 bridgehead atoms. The molecule has 0 amide bonds. The Morgan fingerprint density at radius 3 is 2.06 bits per heavy atom. The van der Waals surface area contributed by atoms with Crippen molar-refractivity contribution in [2.75, 3.05) is 0 Å². The van der Waals surface area contributed by atoms with Crippen molar-refractivity contribution >= 4 is 44.1 Å². The van der Waals surface area contributed by atoms with Crippen molar-refractivity contribution in [2.45, 2.75) is 38.4 Å². The molecule has 1 fully saturated rings. The van der Waals surface area contributed by atoms with Crippen LogP contribution >= 0.6 is 11.3 Å². The number of rotatable bonds is 4. The minimum absolute atomic E-state index is 0.354. The fourth-order valence-electron chi connectivity index (χ4n) is 5.02. The van der Waals surface area contributed by atoms with Gasteiger partial charge < -0.3 is 9.31 Å². The summed E-state index contributed by atoms with van der Waals surface area (Å²) in [5, 5.41) is 2.63. The quantitative estimate of drug-likeness (QED) is 0.262. The van der Waals surface area contributed by atoms with Gasteiger partial charge in [0.05, 0.1) is 11.2 Å². The molecule has 34 heavy (non-hydrogen) atoms. The minimum Gasteiger partial charge on any atom is -0.399 e. The second kappa shape index (κ2) is 8.09. The molecule has 1 aliphatic rings. The summed E-state index contributed by atoms with van der Waals surface area (Å²) >= 11 is 1.89. The van der Waals surface area contributed by atoms with Gasteiger partial charge in [-0.25, -0.2) is 0 Å². The van der Waals surface area contributed by atoms with Crippen LogP contribution in [0.2, 0.25) is 0 Å². The van der Waals surface area contributed by atoms with E-state index < -0.39 is 11.2 Å². The lowest BCUT2D eigenvalue weighted by Gasteiger charge is -2.36. The molecule has 0 radical (unpaired) electrons. The first-order valence-corrected chi connectivity index (χ1v) is 12.7. The summed E-state index contributed by atoms with van der Waals surface area (Å²) in [6.07, 6.45) is 0.786. The molecule has 4 aromatic carbocycles. The number of benzene rings is 4. The summed E-state index contributed by atoms with van der Waals surface area (Å²) in [4.78, 5) is 0. The van der Waals surface area contributed by atoms with E-state index >= 15 is 0 Å². The van der Waals surface area contributed by atoms with Gasteiger partial charge in [0, 0.05) is 26.6 Å². The maximum absolute atomic E-state index is 6.65. The number of thiophene rings is 1. The summed E-state index contributed by atoms with van der Waals surface area (Å²) in [5.41, 5.74) is 4.04. The zero-order valence-corrected chi connectivity index (χ0v) is 20.6. The predicted molar refractivity (Wildman–Crippen MR) is 145 cm³/mol. The SMILES string of the molecule is CC1(C)OB(c2ccccc2)OC1(C)Cc1cccc2c1sc1c(-c3ccccc3)cccc12. The second-order valence-corrected chi connectivity index (χ2v) is 10.9. The van der Waals surface area contributed by atoms with E-state index in [0.29, 0.717) is 0 Å². The van der Waals surface area contributed by atoms with E-state index in [9.17, 15) is 0 Å². The van der Waals surface area contributed by atoms with Crippen LogP contribution in [0.4, 0.5) is 0 Å². The van der Waals surface area contributed by atoms with Crippen molar-refractivity contribution in [3.8, 4) is 11.1 Å². The molecular weight excluding hydrogens is 435 g/mol. The van der Waals surface area contributed by atoms with Crippen molar-refractivity contribution < 1.29 is 9.31 Å². The molecule has 1 unspecified atom stereocenters. The fraction of sp³-hybridized carbons (Fsp3) is 0.200. The molecule has 0 N–H and O–H groups in total. The van der Waals surface area contributed by atoms with Crippen molar-refractivity contribution in [1.82, 2.24) is 0 Å². The highest BCUT2D eigenvalue weighted by atomic mass is 32.1. The summed E-state index contributed by atoms with van der Waals surface area (Å²) in [6.45, 7) is 6.49.